The molecule has 1 N–H and O–H groups in total. The maximum atomic E-state index is 10.2. The number of nitriles is 1. The van der Waals surface area contributed by atoms with Crippen LogP contribution in [0.1, 0.15) is 44.2 Å². The van der Waals surface area contributed by atoms with Crippen LogP contribution in [-0.4, -0.2) is 37.0 Å². The van der Waals surface area contributed by atoms with Gasteiger partial charge in [0.05, 0.1) is 6.07 Å². The predicted octanol–water partition coefficient (Wildman–Crippen LogP) is 2.92. The molecule has 2 aliphatic rings. The molecule has 24 heavy (non-hydrogen) atoms. The Morgan fingerprint density at radius 2 is 2.04 bits per heavy atom. The number of carbonyl (C=O) groups is 1. The molecule has 1 atom stereocenters. The number of fused-ring (bicyclic) bond motifs is 1. The summed E-state index contributed by atoms with van der Waals surface area (Å²) in [5, 5.41) is 11.8. The van der Waals surface area contributed by atoms with Crippen molar-refractivity contribution in [3.05, 3.63) is 35.4 Å². The largest absolute Gasteiger partial charge is 0.332 e. The second kappa shape index (κ2) is 8.84. The van der Waals surface area contributed by atoms with Gasteiger partial charge in [-0.1, -0.05) is 37.6 Å². The van der Waals surface area contributed by atoms with Gasteiger partial charge < -0.3 is 10.2 Å². The van der Waals surface area contributed by atoms with Crippen molar-refractivity contribution in [2.75, 3.05) is 19.6 Å². The van der Waals surface area contributed by atoms with Crippen LogP contribution in [0.5, 0.6) is 0 Å². The second-order valence-electron chi connectivity index (χ2n) is 7.20. The van der Waals surface area contributed by atoms with Crippen LogP contribution in [0.2, 0.25) is 0 Å². The molecule has 1 unspecified atom stereocenters. The number of amides is 1. The molecule has 0 aromatic heterocycles. The number of benzene rings is 1. The molecule has 1 amide bonds. The summed E-state index contributed by atoms with van der Waals surface area (Å²) in [5.74, 6) is 0. The highest BCUT2D eigenvalue weighted by Crippen LogP contribution is 2.42. The molecule has 4 nitrogen and oxygen atoms in total. The highest BCUT2D eigenvalue weighted by Gasteiger charge is 2.41. The van der Waals surface area contributed by atoms with Crippen molar-refractivity contribution >= 4 is 6.41 Å². The average molecular weight is 327 g/mol. The first-order valence-electron chi connectivity index (χ1n) is 8.99. The van der Waals surface area contributed by atoms with Crippen LogP contribution < -0.4 is 5.32 Å². The molecule has 1 saturated heterocycles. The van der Waals surface area contributed by atoms with Gasteiger partial charge in [-0.25, -0.2) is 0 Å². The second-order valence-corrected chi connectivity index (χ2v) is 7.20. The molecule has 1 fully saturated rings. The minimum atomic E-state index is 0.212. The Morgan fingerprint density at radius 3 is 2.50 bits per heavy atom. The summed E-state index contributed by atoms with van der Waals surface area (Å²) in [7, 11) is 0. The van der Waals surface area contributed by atoms with Crippen molar-refractivity contribution in [2.45, 2.75) is 52.0 Å². The van der Waals surface area contributed by atoms with E-state index in [1.54, 1.807) is 11.1 Å². The highest BCUT2D eigenvalue weighted by atomic mass is 16.1. The molecule has 1 heterocycles. The first-order chi connectivity index (χ1) is 11.6. The fraction of sp³-hybridized carbons (Fsp3) is 0.600. The van der Waals surface area contributed by atoms with E-state index in [-0.39, 0.29) is 6.54 Å². The van der Waals surface area contributed by atoms with Gasteiger partial charge in [0.2, 0.25) is 6.41 Å². The molecule has 1 aliphatic heterocycles. The van der Waals surface area contributed by atoms with Crippen molar-refractivity contribution in [1.82, 2.24) is 10.2 Å². The summed E-state index contributed by atoms with van der Waals surface area (Å²) in [6.07, 6.45) is 6.68. The highest BCUT2D eigenvalue weighted by molar-refractivity contribution is 5.47. The lowest BCUT2D eigenvalue weighted by atomic mass is 9.83. The summed E-state index contributed by atoms with van der Waals surface area (Å²) in [5.41, 5.74) is 3.73. The first-order valence-corrected chi connectivity index (χ1v) is 8.99. The Kier molecular flexibility index (Phi) is 6.81. The Bertz CT molecular complexity index is 553. The smallest absolute Gasteiger partial charge is 0.210 e. The normalized spacial score (nSPS) is 20.0. The van der Waals surface area contributed by atoms with Gasteiger partial charge in [-0.05, 0) is 49.1 Å². The predicted molar refractivity (Wildman–Crippen MR) is 96.5 cm³/mol. The zero-order valence-corrected chi connectivity index (χ0v) is 14.9. The fourth-order valence-corrected chi connectivity index (χ4v) is 3.85. The SMILES string of the molecule is CC1CC2(CN1)Cc1ccccc1C2.CCCCN(C=O)CC#N. The van der Waals surface area contributed by atoms with Gasteiger partial charge in [-0.3, -0.25) is 4.79 Å². The minimum absolute atomic E-state index is 0.212. The third-order valence-corrected chi connectivity index (χ3v) is 5.04. The van der Waals surface area contributed by atoms with Gasteiger partial charge in [0.15, 0.2) is 0 Å². The number of nitrogens with zero attached hydrogens (tertiary/aromatic N) is 2. The molecular formula is C20H29N3O. The van der Waals surface area contributed by atoms with Gasteiger partial charge >= 0.3 is 0 Å². The number of hydrogen-bond acceptors (Lipinski definition) is 3. The maximum Gasteiger partial charge on any atom is 0.210 e. The number of hydrogen-bond donors (Lipinski definition) is 1. The van der Waals surface area contributed by atoms with E-state index in [0.717, 1.165) is 19.3 Å². The monoisotopic (exact) mass is 327 g/mol. The summed E-state index contributed by atoms with van der Waals surface area (Å²) >= 11 is 0. The van der Waals surface area contributed by atoms with Gasteiger partial charge in [0.1, 0.15) is 6.54 Å². The Hall–Kier alpha value is -1.86. The molecular weight excluding hydrogens is 298 g/mol. The Morgan fingerprint density at radius 1 is 1.38 bits per heavy atom. The Balaban J connectivity index is 0.000000187. The molecule has 0 bridgehead atoms. The molecule has 0 radical (unpaired) electrons. The summed E-state index contributed by atoms with van der Waals surface area (Å²) < 4.78 is 0. The van der Waals surface area contributed by atoms with Crippen LogP contribution in [0.15, 0.2) is 24.3 Å². The standard InChI is InChI=1S/C13H17N.C7H12N2O/c1-10-6-13(9-14-10)7-11-4-2-3-5-12(11)8-13;1-2-3-5-9(7-10)6-4-8/h2-5,10,14H,6-9H2,1H3;7H,2-3,5-6H2,1H3. The van der Waals surface area contributed by atoms with Gasteiger partial charge in [-0.15, -0.1) is 0 Å². The van der Waals surface area contributed by atoms with Crippen LogP contribution >= 0.6 is 0 Å². The molecule has 3 rings (SSSR count). The number of unbranched alkanes of at least 4 members (excludes halogenated alkanes) is 1. The van der Waals surface area contributed by atoms with E-state index in [0.29, 0.717) is 18.0 Å². The zero-order chi connectivity index (χ0) is 17.4. The molecule has 130 valence electrons. The lowest BCUT2D eigenvalue weighted by Gasteiger charge is -2.20. The van der Waals surface area contributed by atoms with E-state index in [1.165, 1.54) is 30.7 Å². The van der Waals surface area contributed by atoms with E-state index in [9.17, 15) is 4.79 Å². The topological polar surface area (TPSA) is 56.1 Å². The van der Waals surface area contributed by atoms with Crippen LogP contribution in [0.3, 0.4) is 0 Å². The maximum absolute atomic E-state index is 10.2. The lowest BCUT2D eigenvalue weighted by Crippen LogP contribution is -2.24. The van der Waals surface area contributed by atoms with Crippen molar-refractivity contribution in [2.24, 2.45) is 5.41 Å². The summed E-state index contributed by atoms with van der Waals surface area (Å²) in [4.78, 5) is 11.7. The number of carbonyl (C=O) groups excluding carboxylic acids is 1. The number of nitrogens with one attached hydrogen (secondary N) is 1. The molecule has 1 aliphatic carbocycles. The van der Waals surface area contributed by atoms with Crippen molar-refractivity contribution in [3.63, 3.8) is 0 Å². The fourth-order valence-electron chi connectivity index (χ4n) is 3.85. The molecule has 0 saturated carbocycles. The number of rotatable bonds is 5. The van der Waals surface area contributed by atoms with E-state index in [1.807, 2.05) is 6.07 Å². The zero-order valence-electron chi connectivity index (χ0n) is 14.9. The van der Waals surface area contributed by atoms with Crippen LogP contribution in [0.25, 0.3) is 0 Å². The van der Waals surface area contributed by atoms with E-state index < -0.39 is 0 Å². The third kappa shape index (κ3) is 4.82. The lowest BCUT2D eigenvalue weighted by molar-refractivity contribution is -0.117. The molecule has 1 aromatic carbocycles. The molecule has 1 spiro atoms. The van der Waals surface area contributed by atoms with Gasteiger partial charge in [-0.2, -0.15) is 5.26 Å². The van der Waals surface area contributed by atoms with Crippen LogP contribution in [-0.2, 0) is 17.6 Å². The van der Waals surface area contributed by atoms with Crippen molar-refractivity contribution < 1.29 is 4.79 Å². The van der Waals surface area contributed by atoms with Gasteiger partial charge in [0.25, 0.3) is 0 Å². The van der Waals surface area contributed by atoms with E-state index >= 15 is 0 Å². The van der Waals surface area contributed by atoms with Crippen LogP contribution in [0, 0.1) is 16.7 Å². The van der Waals surface area contributed by atoms with Crippen molar-refractivity contribution in [3.8, 4) is 6.07 Å². The molecule has 1 aromatic rings. The third-order valence-electron chi connectivity index (χ3n) is 5.04. The van der Waals surface area contributed by atoms with Crippen molar-refractivity contribution in [1.29, 1.82) is 5.26 Å². The molecule has 4 heteroatoms. The average Bonchev–Trinajstić information content (AvgIpc) is 3.13. The first kappa shape index (κ1) is 18.5. The van der Waals surface area contributed by atoms with E-state index in [4.69, 9.17) is 5.26 Å². The van der Waals surface area contributed by atoms with Gasteiger partial charge in [0, 0.05) is 19.1 Å². The quantitative estimate of drug-likeness (QED) is 0.668. The van der Waals surface area contributed by atoms with Crippen LogP contribution in [0.4, 0.5) is 0 Å². The summed E-state index contributed by atoms with van der Waals surface area (Å²) in [6, 6.07) is 11.6. The van der Waals surface area contributed by atoms with E-state index in [2.05, 4.69) is 43.4 Å². The summed E-state index contributed by atoms with van der Waals surface area (Å²) in [6.45, 7) is 6.48. The minimum Gasteiger partial charge on any atom is -0.332 e. The Labute approximate surface area is 145 Å².